The van der Waals surface area contributed by atoms with Gasteiger partial charge in [-0.2, -0.15) is 5.10 Å². The molecule has 1 rings (SSSR count). The molecule has 1 amide bonds. The van der Waals surface area contributed by atoms with Crippen LogP contribution in [0, 0.1) is 5.41 Å². The monoisotopic (exact) mass is 239 g/mol. The molecule has 0 atom stereocenters. The fraction of sp³-hybridized carbons (Fsp3) is 0.545. The lowest BCUT2D eigenvalue weighted by atomic mass is 9.79. The Labute approximate surface area is 99.4 Å². The van der Waals surface area contributed by atoms with Gasteiger partial charge >= 0.3 is 5.97 Å². The Bertz CT molecular complexity index is 383. The van der Waals surface area contributed by atoms with Crippen LogP contribution in [-0.2, 0) is 9.59 Å². The van der Waals surface area contributed by atoms with Gasteiger partial charge in [0.05, 0.1) is 17.3 Å². The van der Waals surface area contributed by atoms with Crippen LogP contribution in [0.15, 0.2) is 12.4 Å². The summed E-state index contributed by atoms with van der Waals surface area (Å²) < 4.78 is 0. The number of anilines is 1. The summed E-state index contributed by atoms with van der Waals surface area (Å²) in [6.07, 6.45) is 3.84. The Morgan fingerprint density at radius 2 is 2.12 bits per heavy atom. The largest absolute Gasteiger partial charge is 0.481 e. The van der Waals surface area contributed by atoms with E-state index in [-0.39, 0.29) is 12.3 Å². The molecule has 0 aliphatic carbocycles. The van der Waals surface area contributed by atoms with Crippen LogP contribution >= 0.6 is 0 Å². The molecule has 6 heteroatoms. The van der Waals surface area contributed by atoms with Gasteiger partial charge in [0.15, 0.2) is 0 Å². The third kappa shape index (κ3) is 3.05. The van der Waals surface area contributed by atoms with E-state index >= 15 is 0 Å². The SMILES string of the molecule is CCC(CC)(CC(=O)Nc1cn[nH]c1)C(=O)O. The van der Waals surface area contributed by atoms with Crippen LogP contribution in [0.4, 0.5) is 5.69 Å². The Balaban J connectivity index is 2.68. The van der Waals surface area contributed by atoms with Crippen LogP contribution in [0.3, 0.4) is 0 Å². The second-order valence-electron chi connectivity index (χ2n) is 4.00. The molecule has 94 valence electrons. The molecule has 0 bridgehead atoms. The molecule has 17 heavy (non-hydrogen) atoms. The molecule has 0 aliphatic rings. The van der Waals surface area contributed by atoms with E-state index in [0.717, 1.165) is 0 Å². The molecule has 0 aromatic carbocycles. The van der Waals surface area contributed by atoms with Crippen LogP contribution in [0.2, 0.25) is 0 Å². The van der Waals surface area contributed by atoms with Crippen LogP contribution < -0.4 is 5.32 Å². The second-order valence-corrected chi connectivity index (χ2v) is 4.00. The van der Waals surface area contributed by atoms with Crippen molar-refractivity contribution in [3.05, 3.63) is 12.4 Å². The predicted octanol–water partition coefficient (Wildman–Crippen LogP) is 1.63. The van der Waals surface area contributed by atoms with Crippen molar-refractivity contribution in [2.75, 3.05) is 5.32 Å². The van der Waals surface area contributed by atoms with Gasteiger partial charge in [0, 0.05) is 12.6 Å². The summed E-state index contributed by atoms with van der Waals surface area (Å²) in [5, 5.41) is 18.1. The van der Waals surface area contributed by atoms with E-state index in [9.17, 15) is 14.7 Å². The molecule has 0 fully saturated rings. The summed E-state index contributed by atoms with van der Waals surface area (Å²) in [4.78, 5) is 23.0. The maximum absolute atomic E-state index is 11.7. The lowest BCUT2D eigenvalue weighted by molar-refractivity contribution is -0.151. The minimum absolute atomic E-state index is 0.0273. The summed E-state index contributed by atoms with van der Waals surface area (Å²) >= 11 is 0. The lowest BCUT2D eigenvalue weighted by Gasteiger charge is -2.25. The van der Waals surface area contributed by atoms with E-state index < -0.39 is 11.4 Å². The van der Waals surface area contributed by atoms with Gasteiger partial charge in [0.25, 0.3) is 0 Å². The fourth-order valence-corrected chi connectivity index (χ4v) is 1.71. The third-order valence-electron chi connectivity index (χ3n) is 3.09. The summed E-state index contributed by atoms with van der Waals surface area (Å²) in [5.41, 5.74) is -0.435. The number of H-pyrrole nitrogens is 1. The molecule has 1 aromatic rings. The number of nitrogens with zero attached hydrogens (tertiary/aromatic N) is 1. The molecule has 0 saturated carbocycles. The molecule has 0 radical (unpaired) electrons. The highest BCUT2D eigenvalue weighted by Gasteiger charge is 2.37. The Kier molecular flexibility index (Phi) is 4.25. The summed E-state index contributed by atoms with van der Waals surface area (Å²) in [6.45, 7) is 3.56. The molecule has 1 heterocycles. The van der Waals surface area contributed by atoms with E-state index in [4.69, 9.17) is 0 Å². The number of nitrogens with one attached hydrogen (secondary N) is 2. The molecule has 1 aromatic heterocycles. The average Bonchev–Trinajstić information content (AvgIpc) is 2.78. The van der Waals surface area contributed by atoms with Gasteiger partial charge in [0.2, 0.25) is 5.91 Å². The van der Waals surface area contributed by atoms with Gasteiger partial charge < -0.3 is 10.4 Å². The van der Waals surface area contributed by atoms with Crippen molar-refractivity contribution < 1.29 is 14.7 Å². The second kappa shape index (κ2) is 5.47. The number of hydrogen-bond donors (Lipinski definition) is 3. The highest BCUT2D eigenvalue weighted by molar-refractivity contribution is 5.94. The van der Waals surface area contributed by atoms with Crippen molar-refractivity contribution in [2.24, 2.45) is 5.41 Å². The zero-order valence-electron chi connectivity index (χ0n) is 9.99. The van der Waals surface area contributed by atoms with Gasteiger partial charge in [-0.1, -0.05) is 13.8 Å². The summed E-state index contributed by atoms with van der Waals surface area (Å²) in [5.74, 6) is -1.23. The smallest absolute Gasteiger partial charge is 0.310 e. The summed E-state index contributed by atoms with van der Waals surface area (Å²) in [7, 11) is 0. The number of carboxylic acids is 1. The van der Waals surface area contributed by atoms with Gasteiger partial charge in [-0.05, 0) is 12.8 Å². The summed E-state index contributed by atoms with van der Waals surface area (Å²) in [6, 6.07) is 0. The molecule has 0 saturated heterocycles. The van der Waals surface area contributed by atoms with E-state index in [2.05, 4.69) is 15.5 Å². The quantitative estimate of drug-likeness (QED) is 0.703. The van der Waals surface area contributed by atoms with Crippen molar-refractivity contribution in [2.45, 2.75) is 33.1 Å². The molecule has 6 nitrogen and oxygen atoms in total. The Hall–Kier alpha value is -1.85. The van der Waals surface area contributed by atoms with E-state index in [0.29, 0.717) is 18.5 Å². The highest BCUT2D eigenvalue weighted by Crippen LogP contribution is 2.31. The van der Waals surface area contributed by atoms with Crippen molar-refractivity contribution >= 4 is 17.6 Å². The average molecular weight is 239 g/mol. The van der Waals surface area contributed by atoms with Crippen molar-refractivity contribution in [1.82, 2.24) is 10.2 Å². The van der Waals surface area contributed by atoms with Gasteiger partial charge in [-0.25, -0.2) is 0 Å². The van der Waals surface area contributed by atoms with Crippen LogP contribution in [0.1, 0.15) is 33.1 Å². The first-order chi connectivity index (χ1) is 8.04. The molecule has 0 spiro atoms. The predicted molar refractivity (Wildman–Crippen MR) is 62.5 cm³/mol. The number of carbonyl (C=O) groups is 2. The number of carbonyl (C=O) groups excluding carboxylic acids is 1. The van der Waals surface area contributed by atoms with Gasteiger partial charge in [-0.15, -0.1) is 0 Å². The maximum Gasteiger partial charge on any atom is 0.310 e. The van der Waals surface area contributed by atoms with Crippen molar-refractivity contribution in [3.8, 4) is 0 Å². The standard InChI is InChI=1S/C11H17N3O3/c1-3-11(4-2,10(16)17)5-9(15)14-8-6-12-13-7-8/h6-7H,3-5H2,1-2H3,(H,12,13)(H,14,15)(H,16,17). The minimum atomic E-state index is -0.978. The number of aromatic amines is 1. The zero-order chi connectivity index (χ0) is 12.9. The van der Waals surface area contributed by atoms with Crippen molar-refractivity contribution in [1.29, 1.82) is 0 Å². The number of hydrogen-bond acceptors (Lipinski definition) is 3. The molecule has 0 unspecified atom stereocenters. The third-order valence-corrected chi connectivity index (χ3v) is 3.09. The topological polar surface area (TPSA) is 95.1 Å². The van der Waals surface area contributed by atoms with E-state index in [1.165, 1.54) is 12.4 Å². The van der Waals surface area contributed by atoms with E-state index in [1.54, 1.807) is 13.8 Å². The first kappa shape index (κ1) is 13.2. The van der Waals surface area contributed by atoms with E-state index in [1.807, 2.05) is 0 Å². The van der Waals surface area contributed by atoms with Gasteiger partial charge in [0.1, 0.15) is 0 Å². The number of rotatable bonds is 6. The number of aromatic nitrogens is 2. The first-order valence-electron chi connectivity index (χ1n) is 5.56. The van der Waals surface area contributed by atoms with Gasteiger partial charge in [-0.3, -0.25) is 14.7 Å². The molecule has 0 aliphatic heterocycles. The molecular weight excluding hydrogens is 222 g/mol. The van der Waals surface area contributed by atoms with Crippen LogP contribution in [0.5, 0.6) is 0 Å². The normalized spacial score (nSPS) is 11.2. The fourth-order valence-electron chi connectivity index (χ4n) is 1.71. The maximum atomic E-state index is 11.7. The number of amides is 1. The first-order valence-corrected chi connectivity index (χ1v) is 5.56. The number of carboxylic acid groups (broad SMARTS) is 1. The zero-order valence-corrected chi connectivity index (χ0v) is 9.99. The molecule has 3 N–H and O–H groups in total. The van der Waals surface area contributed by atoms with Crippen molar-refractivity contribution in [3.63, 3.8) is 0 Å². The van der Waals surface area contributed by atoms with Crippen LogP contribution in [0.25, 0.3) is 0 Å². The lowest BCUT2D eigenvalue weighted by Crippen LogP contribution is -2.34. The van der Waals surface area contributed by atoms with Crippen LogP contribution in [-0.4, -0.2) is 27.2 Å². The minimum Gasteiger partial charge on any atom is -0.481 e. The highest BCUT2D eigenvalue weighted by atomic mass is 16.4. The molecular formula is C11H17N3O3. The number of aliphatic carboxylic acids is 1. The Morgan fingerprint density at radius 3 is 2.53 bits per heavy atom. The Morgan fingerprint density at radius 1 is 1.47 bits per heavy atom.